The first-order valence-electron chi connectivity index (χ1n) is 6.72. The summed E-state index contributed by atoms with van der Waals surface area (Å²) in [7, 11) is 0. The van der Waals surface area contributed by atoms with E-state index in [-0.39, 0.29) is 6.67 Å². The van der Waals surface area contributed by atoms with Gasteiger partial charge in [-0.05, 0) is 30.8 Å². The maximum Gasteiger partial charge on any atom is 0.108 e. The lowest BCUT2D eigenvalue weighted by Crippen LogP contribution is -2.03. The molecule has 0 aromatic carbocycles. The summed E-state index contributed by atoms with van der Waals surface area (Å²) in [5.41, 5.74) is 1.21. The van der Waals surface area contributed by atoms with Gasteiger partial charge >= 0.3 is 0 Å². The minimum absolute atomic E-state index is 0.338. The van der Waals surface area contributed by atoms with Crippen molar-refractivity contribution >= 4 is 0 Å². The fourth-order valence-corrected chi connectivity index (χ4v) is 2.02. The molecule has 0 heterocycles. The number of unbranched alkanes of at least 4 members (excludes halogenated alkanes) is 1. The summed E-state index contributed by atoms with van der Waals surface area (Å²) in [5.74, 6) is 0.554. The van der Waals surface area contributed by atoms with Crippen molar-refractivity contribution in [3.05, 3.63) is 23.8 Å². The molecule has 0 aromatic heterocycles. The molecule has 0 aliphatic rings. The van der Waals surface area contributed by atoms with Crippen molar-refractivity contribution < 1.29 is 4.39 Å². The highest BCUT2D eigenvalue weighted by Gasteiger charge is 2.09. The SMILES string of the molecule is CCC/C=C\C(=C/CF)C(CCC)CCC. The highest BCUT2D eigenvalue weighted by Crippen LogP contribution is 2.24. The molecule has 0 saturated heterocycles. The monoisotopic (exact) mass is 226 g/mol. The molecule has 0 fully saturated rings. The van der Waals surface area contributed by atoms with E-state index in [0.29, 0.717) is 5.92 Å². The molecule has 0 radical (unpaired) electrons. The van der Waals surface area contributed by atoms with E-state index in [1.807, 2.05) is 0 Å². The van der Waals surface area contributed by atoms with Crippen molar-refractivity contribution in [2.24, 2.45) is 5.92 Å². The van der Waals surface area contributed by atoms with Gasteiger partial charge in [0.1, 0.15) is 6.67 Å². The lowest BCUT2D eigenvalue weighted by atomic mass is 9.89. The molecule has 0 amide bonds. The number of hydrogen-bond acceptors (Lipinski definition) is 0. The standard InChI is InChI=1S/C15H27F/c1-4-7-8-11-15(12-13-16)14(9-5-2)10-6-3/h8,11-12,14H,4-7,9-10,13H2,1-3H3/b11-8-,15-12+. The zero-order valence-corrected chi connectivity index (χ0v) is 11.1. The molecule has 0 N–H and O–H groups in total. The van der Waals surface area contributed by atoms with Gasteiger partial charge in [-0.1, -0.05) is 58.3 Å². The zero-order chi connectivity index (χ0) is 12.2. The minimum Gasteiger partial charge on any atom is -0.247 e. The first-order chi connectivity index (χ1) is 7.79. The Kier molecular flexibility index (Phi) is 10.5. The number of alkyl halides is 1. The third-order valence-electron chi connectivity index (χ3n) is 2.82. The van der Waals surface area contributed by atoms with Gasteiger partial charge in [0.25, 0.3) is 0 Å². The van der Waals surface area contributed by atoms with Gasteiger partial charge in [0.05, 0.1) is 0 Å². The Labute approximate surface area is 101 Å². The van der Waals surface area contributed by atoms with Gasteiger partial charge in [-0.25, -0.2) is 4.39 Å². The van der Waals surface area contributed by atoms with Crippen LogP contribution in [-0.4, -0.2) is 6.67 Å². The summed E-state index contributed by atoms with van der Waals surface area (Å²) in [6.45, 7) is 6.23. The first-order valence-corrected chi connectivity index (χ1v) is 6.72. The molecule has 0 unspecified atom stereocenters. The van der Waals surface area contributed by atoms with Crippen LogP contribution in [0.5, 0.6) is 0 Å². The van der Waals surface area contributed by atoms with E-state index in [1.54, 1.807) is 6.08 Å². The fourth-order valence-electron chi connectivity index (χ4n) is 2.02. The molecule has 0 rings (SSSR count). The molecule has 0 spiro atoms. The summed E-state index contributed by atoms with van der Waals surface area (Å²) in [5, 5.41) is 0. The van der Waals surface area contributed by atoms with E-state index in [9.17, 15) is 4.39 Å². The summed E-state index contributed by atoms with van der Waals surface area (Å²) in [6, 6.07) is 0. The third-order valence-corrected chi connectivity index (χ3v) is 2.82. The van der Waals surface area contributed by atoms with Crippen LogP contribution < -0.4 is 0 Å². The molecule has 0 aliphatic carbocycles. The average Bonchev–Trinajstić information content (AvgIpc) is 2.28. The average molecular weight is 226 g/mol. The van der Waals surface area contributed by atoms with Gasteiger partial charge in [-0.3, -0.25) is 0 Å². The molecular weight excluding hydrogens is 199 g/mol. The second-order valence-electron chi connectivity index (χ2n) is 4.32. The summed E-state index contributed by atoms with van der Waals surface area (Å²) in [4.78, 5) is 0. The van der Waals surface area contributed by atoms with Crippen LogP contribution >= 0.6 is 0 Å². The maximum atomic E-state index is 12.5. The summed E-state index contributed by atoms with van der Waals surface area (Å²) >= 11 is 0. The zero-order valence-electron chi connectivity index (χ0n) is 11.1. The molecule has 94 valence electrons. The van der Waals surface area contributed by atoms with E-state index in [1.165, 1.54) is 31.3 Å². The Morgan fingerprint density at radius 1 is 1.06 bits per heavy atom. The predicted octanol–water partition coefficient (Wildman–Crippen LogP) is 5.46. The van der Waals surface area contributed by atoms with E-state index in [4.69, 9.17) is 0 Å². The van der Waals surface area contributed by atoms with Gasteiger partial charge in [0.2, 0.25) is 0 Å². The second-order valence-corrected chi connectivity index (χ2v) is 4.32. The number of hydrogen-bond donors (Lipinski definition) is 0. The molecule has 16 heavy (non-hydrogen) atoms. The number of rotatable bonds is 9. The molecular formula is C15H27F. The topological polar surface area (TPSA) is 0 Å². The smallest absolute Gasteiger partial charge is 0.108 e. The highest BCUT2D eigenvalue weighted by molar-refractivity contribution is 5.22. The molecule has 0 nitrogen and oxygen atoms in total. The first kappa shape index (κ1) is 15.4. The molecule has 0 aromatic rings. The lowest BCUT2D eigenvalue weighted by Gasteiger charge is -2.16. The van der Waals surface area contributed by atoms with Crippen LogP contribution in [0.15, 0.2) is 23.8 Å². The Morgan fingerprint density at radius 3 is 2.12 bits per heavy atom. The van der Waals surface area contributed by atoms with Gasteiger partial charge in [0.15, 0.2) is 0 Å². The Morgan fingerprint density at radius 2 is 1.69 bits per heavy atom. The number of halogens is 1. The van der Waals surface area contributed by atoms with E-state index in [0.717, 1.165) is 12.8 Å². The van der Waals surface area contributed by atoms with Gasteiger partial charge in [-0.15, -0.1) is 0 Å². The van der Waals surface area contributed by atoms with Crippen LogP contribution in [-0.2, 0) is 0 Å². The maximum absolute atomic E-state index is 12.5. The molecule has 0 atom stereocenters. The van der Waals surface area contributed by atoms with Crippen LogP contribution in [0.4, 0.5) is 4.39 Å². The normalized spacial score (nSPS) is 12.9. The van der Waals surface area contributed by atoms with Gasteiger partial charge in [-0.2, -0.15) is 0 Å². The molecule has 0 bridgehead atoms. The Bertz CT molecular complexity index is 197. The van der Waals surface area contributed by atoms with Gasteiger partial charge < -0.3 is 0 Å². The van der Waals surface area contributed by atoms with Crippen LogP contribution in [0, 0.1) is 5.92 Å². The van der Waals surface area contributed by atoms with Crippen LogP contribution in [0.3, 0.4) is 0 Å². The van der Waals surface area contributed by atoms with E-state index in [2.05, 4.69) is 32.9 Å². The van der Waals surface area contributed by atoms with Crippen molar-refractivity contribution in [2.75, 3.05) is 6.67 Å². The van der Waals surface area contributed by atoms with Crippen molar-refractivity contribution in [3.8, 4) is 0 Å². The summed E-state index contributed by atoms with van der Waals surface area (Å²) in [6.07, 6.45) is 13.0. The van der Waals surface area contributed by atoms with E-state index >= 15 is 0 Å². The number of allylic oxidation sites excluding steroid dienone is 4. The largest absolute Gasteiger partial charge is 0.247 e. The molecule has 0 aliphatic heterocycles. The van der Waals surface area contributed by atoms with Crippen LogP contribution in [0.2, 0.25) is 0 Å². The van der Waals surface area contributed by atoms with E-state index < -0.39 is 0 Å². The predicted molar refractivity (Wildman–Crippen MR) is 71.4 cm³/mol. The minimum atomic E-state index is -0.338. The molecule has 0 saturated carbocycles. The van der Waals surface area contributed by atoms with Crippen LogP contribution in [0.25, 0.3) is 0 Å². The third kappa shape index (κ3) is 6.81. The van der Waals surface area contributed by atoms with Crippen LogP contribution in [0.1, 0.15) is 59.3 Å². The highest BCUT2D eigenvalue weighted by atomic mass is 19.1. The van der Waals surface area contributed by atoms with Crippen molar-refractivity contribution in [1.29, 1.82) is 0 Å². The summed E-state index contributed by atoms with van der Waals surface area (Å²) < 4.78 is 12.5. The lowest BCUT2D eigenvalue weighted by molar-refractivity contribution is 0.501. The quantitative estimate of drug-likeness (QED) is 0.458. The van der Waals surface area contributed by atoms with Crippen molar-refractivity contribution in [3.63, 3.8) is 0 Å². The van der Waals surface area contributed by atoms with Crippen molar-refractivity contribution in [2.45, 2.75) is 59.3 Å². The fraction of sp³-hybridized carbons (Fsp3) is 0.733. The Hall–Kier alpha value is -0.590. The van der Waals surface area contributed by atoms with Gasteiger partial charge in [0, 0.05) is 0 Å². The van der Waals surface area contributed by atoms with Crippen molar-refractivity contribution in [1.82, 2.24) is 0 Å². The Balaban J connectivity index is 4.50. The second kappa shape index (κ2) is 10.9. The molecule has 1 heteroatoms.